The fourth-order valence-electron chi connectivity index (χ4n) is 2.49. The lowest BCUT2D eigenvalue weighted by Gasteiger charge is -2.18. The van der Waals surface area contributed by atoms with E-state index in [4.69, 9.17) is 0 Å². The highest BCUT2D eigenvalue weighted by Crippen LogP contribution is 2.45. The molecule has 1 aromatic heterocycles. The molecule has 2 N–H and O–H groups in total. The molecule has 2 aliphatic carbocycles. The summed E-state index contributed by atoms with van der Waals surface area (Å²) >= 11 is 0. The Morgan fingerprint density at radius 3 is 2.44 bits per heavy atom. The third kappa shape index (κ3) is 2.92. The van der Waals surface area contributed by atoms with Gasteiger partial charge >= 0.3 is 0 Å². The van der Waals surface area contributed by atoms with E-state index in [9.17, 15) is 0 Å². The number of aromatic nitrogens is 2. The van der Waals surface area contributed by atoms with Crippen molar-refractivity contribution in [3.05, 3.63) is 12.4 Å². The summed E-state index contributed by atoms with van der Waals surface area (Å²) in [4.78, 5) is 8.59. The van der Waals surface area contributed by atoms with E-state index in [2.05, 4.69) is 27.5 Å². The van der Waals surface area contributed by atoms with Crippen molar-refractivity contribution < 1.29 is 0 Å². The maximum Gasteiger partial charge on any atom is 0.131 e. The Morgan fingerprint density at radius 2 is 1.83 bits per heavy atom. The molecule has 3 rings (SSSR count). The SMILES string of the molecule is CCCNc1cc(NC(C2CC2)C2CC2)ncn1. The molecule has 4 heteroatoms. The van der Waals surface area contributed by atoms with Gasteiger partial charge in [0, 0.05) is 18.7 Å². The quantitative estimate of drug-likeness (QED) is 0.776. The predicted molar refractivity (Wildman–Crippen MR) is 73.7 cm³/mol. The molecule has 98 valence electrons. The first-order valence-electron chi connectivity index (χ1n) is 7.19. The standard InChI is InChI=1S/C14H22N4/c1-2-7-15-12-8-13(17-9-16-12)18-14(10-3-4-10)11-5-6-11/h8-11,14H,2-7H2,1H3,(H2,15,16,17,18). The molecule has 0 spiro atoms. The monoisotopic (exact) mass is 246 g/mol. The zero-order valence-corrected chi connectivity index (χ0v) is 11.0. The van der Waals surface area contributed by atoms with Gasteiger partial charge in [-0.25, -0.2) is 9.97 Å². The van der Waals surface area contributed by atoms with Gasteiger partial charge < -0.3 is 10.6 Å². The van der Waals surface area contributed by atoms with Gasteiger partial charge in [0.15, 0.2) is 0 Å². The molecule has 1 heterocycles. The van der Waals surface area contributed by atoms with Crippen molar-refractivity contribution >= 4 is 11.6 Å². The molecule has 0 unspecified atom stereocenters. The zero-order chi connectivity index (χ0) is 12.4. The van der Waals surface area contributed by atoms with Crippen LogP contribution in [-0.4, -0.2) is 22.6 Å². The second-order valence-electron chi connectivity index (χ2n) is 5.56. The molecule has 2 aliphatic rings. The highest BCUT2D eigenvalue weighted by molar-refractivity contribution is 5.47. The Bertz CT molecular complexity index is 387. The summed E-state index contributed by atoms with van der Waals surface area (Å²) in [5.41, 5.74) is 0. The van der Waals surface area contributed by atoms with Crippen molar-refractivity contribution in [3.8, 4) is 0 Å². The van der Waals surface area contributed by atoms with Gasteiger partial charge in [-0.05, 0) is 43.9 Å². The normalized spacial score (nSPS) is 19.0. The Balaban J connectivity index is 1.63. The molecule has 0 saturated heterocycles. The topological polar surface area (TPSA) is 49.8 Å². The highest BCUT2D eigenvalue weighted by atomic mass is 15.1. The Kier molecular flexibility index (Phi) is 3.35. The van der Waals surface area contributed by atoms with Crippen molar-refractivity contribution in [1.29, 1.82) is 0 Å². The summed E-state index contributed by atoms with van der Waals surface area (Å²) in [5, 5.41) is 6.94. The van der Waals surface area contributed by atoms with E-state index in [1.54, 1.807) is 6.33 Å². The van der Waals surface area contributed by atoms with Crippen molar-refractivity contribution in [2.45, 2.75) is 45.1 Å². The Labute approximate surface area is 109 Å². The van der Waals surface area contributed by atoms with Crippen molar-refractivity contribution in [3.63, 3.8) is 0 Å². The van der Waals surface area contributed by atoms with Crippen molar-refractivity contribution in [1.82, 2.24) is 9.97 Å². The average Bonchev–Trinajstić information content (AvgIpc) is 3.28. The van der Waals surface area contributed by atoms with Crippen molar-refractivity contribution in [2.24, 2.45) is 11.8 Å². The largest absolute Gasteiger partial charge is 0.370 e. The first kappa shape index (κ1) is 11.8. The minimum Gasteiger partial charge on any atom is -0.370 e. The molecule has 0 atom stereocenters. The first-order valence-corrected chi connectivity index (χ1v) is 7.19. The fraction of sp³-hybridized carbons (Fsp3) is 0.714. The molecule has 0 amide bonds. The van der Waals surface area contributed by atoms with E-state index >= 15 is 0 Å². The molecule has 0 bridgehead atoms. The van der Waals surface area contributed by atoms with Crippen molar-refractivity contribution in [2.75, 3.05) is 17.2 Å². The van der Waals surface area contributed by atoms with Crippen LogP contribution in [0.3, 0.4) is 0 Å². The van der Waals surface area contributed by atoms with Crippen LogP contribution in [0.4, 0.5) is 11.6 Å². The van der Waals surface area contributed by atoms with E-state index in [0.29, 0.717) is 6.04 Å². The van der Waals surface area contributed by atoms with Gasteiger partial charge in [0.05, 0.1) is 0 Å². The first-order chi connectivity index (χ1) is 8.86. The minimum absolute atomic E-state index is 0.652. The lowest BCUT2D eigenvalue weighted by atomic mass is 10.1. The van der Waals surface area contributed by atoms with E-state index in [1.165, 1.54) is 25.7 Å². The molecule has 1 aromatic rings. The number of nitrogens with one attached hydrogen (secondary N) is 2. The molecular formula is C14H22N4. The maximum atomic E-state index is 4.35. The van der Waals surface area contributed by atoms with Crippen LogP contribution in [0.2, 0.25) is 0 Å². The highest BCUT2D eigenvalue weighted by Gasteiger charge is 2.41. The summed E-state index contributed by atoms with van der Waals surface area (Å²) < 4.78 is 0. The zero-order valence-electron chi connectivity index (χ0n) is 11.0. The number of nitrogens with zero attached hydrogens (tertiary/aromatic N) is 2. The summed E-state index contributed by atoms with van der Waals surface area (Å²) in [5.74, 6) is 3.69. The smallest absolute Gasteiger partial charge is 0.131 e. The Morgan fingerprint density at radius 1 is 1.17 bits per heavy atom. The Hall–Kier alpha value is -1.32. The lowest BCUT2D eigenvalue weighted by Crippen LogP contribution is -2.24. The number of hydrogen-bond acceptors (Lipinski definition) is 4. The van der Waals surface area contributed by atoms with Crippen LogP contribution in [0, 0.1) is 11.8 Å². The van der Waals surface area contributed by atoms with Crippen LogP contribution in [0.1, 0.15) is 39.0 Å². The third-order valence-corrected chi connectivity index (χ3v) is 3.80. The molecule has 0 radical (unpaired) electrons. The van der Waals surface area contributed by atoms with Gasteiger partial charge in [-0.1, -0.05) is 6.92 Å². The molecule has 4 nitrogen and oxygen atoms in total. The van der Waals surface area contributed by atoms with E-state index in [0.717, 1.165) is 36.4 Å². The van der Waals surface area contributed by atoms with Gasteiger partial charge in [-0.3, -0.25) is 0 Å². The second kappa shape index (κ2) is 5.12. The summed E-state index contributed by atoms with van der Waals surface area (Å²) in [6.45, 7) is 3.12. The van der Waals surface area contributed by atoms with Gasteiger partial charge in [0.2, 0.25) is 0 Å². The molecular weight excluding hydrogens is 224 g/mol. The summed E-state index contributed by atoms with van der Waals surface area (Å²) in [6.07, 6.45) is 8.32. The van der Waals surface area contributed by atoms with Gasteiger partial charge in [-0.15, -0.1) is 0 Å². The number of hydrogen-bond donors (Lipinski definition) is 2. The molecule has 0 aromatic carbocycles. The van der Waals surface area contributed by atoms with Crippen LogP contribution < -0.4 is 10.6 Å². The van der Waals surface area contributed by atoms with Gasteiger partial charge in [-0.2, -0.15) is 0 Å². The molecule has 0 aliphatic heterocycles. The third-order valence-electron chi connectivity index (χ3n) is 3.80. The van der Waals surface area contributed by atoms with Gasteiger partial charge in [0.1, 0.15) is 18.0 Å². The fourth-order valence-corrected chi connectivity index (χ4v) is 2.49. The van der Waals surface area contributed by atoms with Crippen LogP contribution >= 0.6 is 0 Å². The maximum absolute atomic E-state index is 4.35. The average molecular weight is 246 g/mol. The summed E-state index contributed by atoms with van der Waals surface area (Å²) in [7, 11) is 0. The van der Waals surface area contributed by atoms with Crippen LogP contribution in [-0.2, 0) is 0 Å². The van der Waals surface area contributed by atoms with Crippen LogP contribution in [0.15, 0.2) is 12.4 Å². The van der Waals surface area contributed by atoms with E-state index in [1.807, 2.05) is 6.07 Å². The number of anilines is 2. The van der Waals surface area contributed by atoms with Crippen LogP contribution in [0.25, 0.3) is 0 Å². The molecule has 2 saturated carbocycles. The molecule has 2 fully saturated rings. The van der Waals surface area contributed by atoms with Gasteiger partial charge in [0.25, 0.3) is 0 Å². The van der Waals surface area contributed by atoms with E-state index < -0.39 is 0 Å². The summed E-state index contributed by atoms with van der Waals surface area (Å²) in [6, 6.07) is 2.69. The van der Waals surface area contributed by atoms with Crippen LogP contribution in [0.5, 0.6) is 0 Å². The predicted octanol–water partition coefficient (Wildman–Crippen LogP) is 2.90. The second-order valence-corrected chi connectivity index (χ2v) is 5.56. The lowest BCUT2D eigenvalue weighted by molar-refractivity contribution is 0.565. The molecule has 18 heavy (non-hydrogen) atoms. The van der Waals surface area contributed by atoms with E-state index in [-0.39, 0.29) is 0 Å². The minimum atomic E-state index is 0.652. The number of rotatable bonds is 7.